The van der Waals surface area contributed by atoms with Crippen molar-refractivity contribution < 1.29 is 8.42 Å². The molecule has 3 heterocycles. The van der Waals surface area contributed by atoms with Crippen molar-refractivity contribution in [3.8, 4) is 0 Å². The molecule has 2 N–H and O–H groups in total. The first-order valence-corrected chi connectivity index (χ1v) is 14.3. The van der Waals surface area contributed by atoms with Crippen LogP contribution in [0.1, 0.15) is 49.8 Å². The lowest BCUT2D eigenvalue weighted by Gasteiger charge is -2.34. The molecule has 8 nitrogen and oxygen atoms in total. The number of anilines is 1. The van der Waals surface area contributed by atoms with Crippen molar-refractivity contribution in [3.63, 3.8) is 0 Å². The lowest BCUT2D eigenvalue weighted by atomic mass is 9.97. The maximum Gasteiger partial charge on any atom is 0.243 e. The van der Waals surface area contributed by atoms with Crippen LogP contribution in [0.3, 0.4) is 0 Å². The van der Waals surface area contributed by atoms with Crippen LogP contribution in [0.4, 0.5) is 5.69 Å². The summed E-state index contributed by atoms with van der Waals surface area (Å²) in [7, 11) is -3.71. The van der Waals surface area contributed by atoms with E-state index in [0.717, 1.165) is 46.6 Å². The summed E-state index contributed by atoms with van der Waals surface area (Å²) in [5.41, 5.74) is 3.98. The normalized spacial score (nSPS) is 19.6. The molecule has 2 aromatic carbocycles. The molecule has 1 aliphatic heterocycles. The van der Waals surface area contributed by atoms with Crippen molar-refractivity contribution in [2.24, 2.45) is 5.92 Å². The van der Waals surface area contributed by atoms with Gasteiger partial charge in [-0.1, -0.05) is 43.9 Å². The number of hydrogen-bond donors (Lipinski definition) is 2. The number of nitrogens with zero attached hydrogens (tertiary/aromatic N) is 4. The minimum Gasteiger partial charge on any atom is -0.361 e. The van der Waals surface area contributed by atoms with Gasteiger partial charge in [0.1, 0.15) is 0 Å². The Kier molecular flexibility index (Phi) is 6.27. The molecule has 0 bridgehead atoms. The molecule has 1 fully saturated rings. The molecule has 6 rings (SSSR count). The predicted octanol–water partition coefficient (Wildman–Crippen LogP) is 4.84. The van der Waals surface area contributed by atoms with Gasteiger partial charge in [0.05, 0.1) is 35.2 Å². The van der Waals surface area contributed by atoms with Crippen molar-refractivity contribution in [1.82, 2.24) is 24.5 Å². The topological polar surface area (TPSA) is 98.0 Å². The van der Waals surface area contributed by atoms with E-state index < -0.39 is 10.0 Å². The number of para-hydroxylation sites is 1. The molecule has 0 saturated heterocycles. The Balaban J connectivity index is 1.37. The van der Waals surface area contributed by atoms with Gasteiger partial charge in [-0.25, -0.2) is 13.4 Å². The highest BCUT2D eigenvalue weighted by molar-refractivity contribution is 7.89. The van der Waals surface area contributed by atoms with E-state index in [2.05, 4.69) is 37.2 Å². The third-order valence-corrected chi connectivity index (χ3v) is 9.64. The summed E-state index contributed by atoms with van der Waals surface area (Å²) in [5, 5.41) is 7.75. The molecular weight excluding hydrogens is 472 g/mol. The highest BCUT2D eigenvalue weighted by Crippen LogP contribution is 2.36. The van der Waals surface area contributed by atoms with E-state index in [1.54, 1.807) is 35.0 Å². The highest BCUT2D eigenvalue weighted by Gasteiger charge is 2.35. The van der Waals surface area contributed by atoms with Gasteiger partial charge < -0.3 is 9.88 Å². The molecule has 1 saturated carbocycles. The Hall–Kier alpha value is -3.17. The second-order valence-electron chi connectivity index (χ2n) is 10.1. The third kappa shape index (κ3) is 4.53. The number of aromatic nitrogens is 4. The van der Waals surface area contributed by atoms with Crippen molar-refractivity contribution in [3.05, 3.63) is 72.4 Å². The van der Waals surface area contributed by atoms with Crippen LogP contribution < -0.4 is 4.90 Å². The standard InChI is InChI=1S/C27H32N6O2S/c34-36(35,25-11-12-26-22(13-25)14-30-31-26)32-16-21-7-3-4-8-27(21)33(17-23-15-28-19-29-23)24(18-32)10-9-20-5-1-2-6-20/h3-4,7-8,11-15,19-20,24H,1-2,5-6,9-10,16-18H2,(H,28,29)(H,30,31). The van der Waals surface area contributed by atoms with E-state index in [0.29, 0.717) is 24.5 Å². The van der Waals surface area contributed by atoms with Gasteiger partial charge in [0.25, 0.3) is 0 Å². The third-order valence-electron chi connectivity index (χ3n) is 7.83. The Morgan fingerprint density at radius 2 is 1.89 bits per heavy atom. The number of rotatable bonds is 7. The summed E-state index contributed by atoms with van der Waals surface area (Å²) in [5.74, 6) is 0.742. The molecule has 0 radical (unpaired) electrons. The largest absolute Gasteiger partial charge is 0.361 e. The SMILES string of the molecule is O=S(=O)(c1ccc2[nH]ncc2c1)N1Cc2ccccc2N(Cc2cnc[nH]2)C(CCC2CCCC2)C1. The van der Waals surface area contributed by atoms with Crippen LogP contribution in [0.15, 0.2) is 66.1 Å². The molecule has 0 amide bonds. The minimum absolute atomic E-state index is 0.0602. The summed E-state index contributed by atoms with van der Waals surface area (Å²) in [6.45, 7) is 1.46. The summed E-state index contributed by atoms with van der Waals surface area (Å²) < 4.78 is 29.7. The maximum atomic E-state index is 14.0. The van der Waals surface area contributed by atoms with Gasteiger partial charge >= 0.3 is 0 Å². The lowest BCUT2D eigenvalue weighted by molar-refractivity contribution is 0.350. The van der Waals surface area contributed by atoms with E-state index >= 15 is 0 Å². The zero-order valence-corrected chi connectivity index (χ0v) is 21.1. The number of imidazole rings is 1. The van der Waals surface area contributed by atoms with Gasteiger partial charge in [-0.2, -0.15) is 9.40 Å². The number of benzene rings is 2. The van der Waals surface area contributed by atoms with Crippen molar-refractivity contribution >= 4 is 26.6 Å². The molecule has 9 heteroatoms. The zero-order valence-electron chi connectivity index (χ0n) is 20.3. The highest BCUT2D eigenvalue weighted by atomic mass is 32.2. The van der Waals surface area contributed by atoms with Crippen molar-refractivity contribution in [2.75, 3.05) is 11.4 Å². The first kappa shape index (κ1) is 23.2. The van der Waals surface area contributed by atoms with Crippen molar-refractivity contribution in [1.29, 1.82) is 0 Å². The van der Waals surface area contributed by atoms with E-state index in [4.69, 9.17) is 0 Å². The summed E-state index contributed by atoms with van der Waals surface area (Å²) in [4.78, 5) is 10.2. The molecular formula is C27H32N6O2S. The first-order chi connectivity index (χ1) is 17.6. The number of aromatic amines is 2. The fraction of sp³-hybridized carbons (Fsp3) is 0.407. The average molecular weight is 505 g/mol. The predicted molar refractivity (Wildman–Crippen MR) is 140 cm³/mol. The minimum atomic E-state index is -3.71. The van der Waals surface area contributed by atoms with Gasteiger partial charge in [-0.15, -0.1) is 0 Å². The van der Waals surface area contributed by atoms with Crippen LogP contribution in [-0.2, 0) is 23.1 Å². The second-order valence-corrected chi connectivity index (χ2v) is 12.1. The number of fused-ring (bicyclic) bond motifs is 2. The summed E-state index contributed by atoms with van der Waals surface area (Å²) >= 11 is 0. The average Bonchev–Trinajstić information content (AvgIpc) is 3.66. The molecule has 4 aromatic rings. The Bertz CT molecular complexity index is 1430. The van der Waals surface area contributed by atoms with Gasteiger partial charge in [0.2, 0.25) is 10.0 Å². The Morgan fingerprint density at radius 3 is 2.72 bits per heavy atom. The molecule has 0 spiro atoms. The quantitative estimate of drug-likeness (QED) is 0.375. The van der Waals surface area contributed by atoms with Gasteiger partial charge in [0, 0.05) is 36.4 Å². The van der Waals surface area contributed by atoms with E-state index in [-0.39, 0.29) is 6.04 Å². The number of hydrogen-bond acceptors (Lipinski definition) is 5. The van der Waals surface area contributed by atoms with Crippen LogP contribution in [0.5, 0.6) is 0 Å². The van der Waals surface area contributed by atoms with Crippen LogP contribution in [0, 0.1) is 5.92 Å². The van der Waals surface area contributed by atoms with E-state index in [1.807, 2.05) is 18.3 Å². The fourth-order valence-corrected chi connectivity index (χ4v) is 7.36. The molecule has 188 valence electrons. The monoisotopic (exact) mass is 504 g/mol. The van der Waals surface area contributed by atoms with Gasteiger partial charge in [-0.3, -0.25) is 5.10 Å². The van der Waals surface area contributed by atoms with Crippen LogP contribution in [0.2, 0.25) is 0 Å². The lowest BCUT2D eigenvalue weighted by Crippen LogP contribution is -2.43. The Morgan fingerprint density at radius 1 is 1.03 bits per heavy atom. The Labute approximate surface area is 211 Å². The maximum absolute atomic E-state index is 14.0. The van der Waals surface area contributed by atoms with Crippen LogP contribution in [-0.4, -0.2) is 45.5 Å². The van der Waals surface area contributed by atoms with Crippen LogP contribution >= 0.6 is 0 Å². The molecule has 1 atom stereocenters. The number of nitrogens with one attached hydrogen (secondary N) is 2. The van der Waals surface area contributed by atoms with E-state index in [1.165, 1.54) is 25.7 Å². The fourth-order valence-electron chi connectivity index (χ4n) is 5.87. The first-order valence-electron chi connectivity index (χ1n) is 12.8. The number of sulfonamides is 1. The molecule has 1 aliphatic carbocycles. The van der Waals surface area contributed by atoms with Gasteiger partial charge in [0.15, 0.2) is 0 Å². The van der Waals surface area contributed by atoms with Gasteiger partial charge in [-0.05, 0) is 48.6 Å². The summed E-state index contributed by atoms with van der Waals surface area (Å²) in [6.07, 6.45) is 12.5. The molecule has 2 aliphatic rings. The molecule has 1 unspecified atom stereocenters. The number of H-pyrrole nitrogens is 2. The van der Waals surface area contributed by atoms with Crippen molar-refractivity contribution in [2.45, 2.75) is 62.6 Å². The zero-order chi connectivity index (χ0) is 24.5. The second kappa shape index (κ2) is 9.71. The smallest absolute Gasteiger partial charge is 0.243 e. The molecule has 36 heavy (non-hydrogen) atoms. The van der Waals surface area contributed by atoms with E-state index in [9.17, 15) is 8.42 Å². The summed E-state index contributed by atoms with van der Waals surface area (Å²) in [6, 6.07) is 13.5. The molecule has 2 aromatic heterocycles. The van der Waals surface area contributed by atoms with Crippen LogP contribution in [0.25, 0.3) is 10.9 Å².